The van der Waals surface area contributed by atoms with Crippen LogP contribution in [0.2, 0.25) is 0 Å². The molecule has 0 aliphatic heterocycles. The number of aromatic nitrogens is 3. The Labute approximate surface area is 164 Å². The van der Waals surface area contributed by atoms with E-state index in [4.69, 9.17) is 11.6 Å². The van der Waals surface area contributed by atoms with Crippen molar-refractivity contribution in [2.75, 3.05) is 5.88 Å². The first kappa shape index (κ1) is 19.4. The molecule has 2 aromatic carbocycles. The molecule has 0 radical (unpaired) electrons. The van der Waals surface area contributed by atoms with Crippen LogP contribution in [0.25, 0.3) is 11.0 Å². The highest BCUT2D eigenvalue weighted by molar-refractivity contribution is 6.17. The van der Waals surface area contributed by atoms with Gasteiger partial charge in [0.2, 0.25) is 0 Å². The van der Waals surface area contributed by atoms with E-state index in [2.05, 4.69) is 10.3 Å². The lowest BCUT2D eigenvalue weighted by Crippen LogP contribution is -2.35. The van der Waals surface area contributed by atoms with Crippen molar-refractivity contribution in [2.45, 2.75) is 45.6 Å². The van der Waals surface area contributed by atoms with Gasteiger partial charge < -0.3 is 5.11 Å². The molecule has 3 aromatic rings. The lowest BCUT2D eigenvalue weighted by molar-refractivity contribution is -0.143. The van der Waals surface area contributed by atoms with Gasteiger partial charge in [0.1, 0.15) is 5.52 Å². The molecule has 1 unspecified atom stereocenters. The molecule has 6 heteroatoms. The van der Waals surface area contributed by atoms with Crippen LogP contribution in [0.15, 0.2) is 36.4 Å². The quantitative estimate of drug-likeness (QED) is 0.617. The van der Waals surface area contributed by atoms with Gasteiger partial charge in [0.25, 0.3) is 0 Å². The van der Waals surface area contributed by atoms with E-state index in [0.717, 1.165) is 46.3 Å². The number of alkyl halides is 1. The predicted molar refractivity (Wildman–Crippen MR) is 107 cm³/mol. The second-order valence-electron chi connectivity index (χ2n) is 7.25. The predicted octanol–water partition coefficient (Wildman–Crippen LogP) is 4.26. The minimum atomic E-state index is -1.01. The third-order valence-corrected chi connectivity index (χ3v) is 5.53. The van der Waals surface area contributed by atoms with Crippen LogP contribution < -0.4 is 0 Å². The second kappa shape index (κ2) is 7.69. The Balaban J connectivity index is 1.99. The Kier molecular flexibility index (Phi) is 5.51. The van der Waals surface area contributed by atoms with Crippen molar-refractivity contribution in [3.8, 4) is 0 Å². The number of aliphatic carboxylic acids is 1. The first-order valence-electron chi connectivity index (χ1n) is 9.05. The van der Waals surface area contributed by atoms with Crippen LogP contribution in [0.1, 0.15) is 35.6 Å². The largest absolute Gasteiger partial charge is 0.481 e. The minimum Gasteiger partial charge on any atom is -0.481 e. The normalized spacial score (nSPS) is 13.6. The van der Waals surface area contributed by atoms with E-state index < -0.39 is 11.4 Å². The van der Waals surface area contributed by atoms with Crippen molar-refractivity contribution < 1.29 is 9.90 Å². The third kappa shape index (κ3) is 3.69. The number of carboxylic acid groups (broad SMARTS) is 1. The fourth-order valence-electron chi connectivity index (χ4n) is 3.38. The number of carbonyl (C=O) groups is 1. The Hall–Kier alpha value is -2.40. The van der Waals surface area contributed by atoms with Gasteiger partial charge in [-0.3, -0.25) is 4.79 Å². The summed E-state index contributed by atoms with van der Waals surface area (Å²) in [5, 5.41) is 18.5. The lowest BCUT2D eigenvalue weighted by atomic mass is 9.76. The van der Waals surface area contributed by atoms with Gasteiger partial charge in [0.15, 0.2) is 0 Å². The topological polar surface area (TPSA) is 68.0 Å². The summed E-state index contributed by atoms with van der Waals surface area (Å²) in [7, 11) is 0. The molecule has 0 bridgehead atoms. The molecule has 0 aliphatic rings. The van der Waals surface area contributed by atoms with Crippen LogP contribution in [0, 0.1) is 13.8 Å². The van der Waals surface area contributed by atoms with E-state index in [1.54, 1.807) is 6.92 Å². The zero-order chi connectivity index (χ0) is 19.6. The number of fused-ring (bicyclic) bond motifs is 1. The maximum absolute atomic E-state index is 12.2. The van der Waals surface area contributed by atoms with Gasteiger partial charge in [0, 0.05) is 12.4 Å². The van der Waals surface area contributed by atoms with Gasteiger partial charge >= 0.3 is 5.97 Å². The fourth-order valence-corrected chi connectivity index (χ4v) is 3.50. The molecular weight excluding hydrogens is 362 g/mol. The van der Waals surface area contributed by atoms with Crippen molar-refractivity contribution in [3.63, 3.8) is 0 Å². The molecule has 0 fully saturated rings. The monoisotopic (exact) mass is 385 g/mol. The summed E-state index contributed by atoms with van der Waals surface area (Å²) in [5.74, 6) is -0.261. The van der Waals surface area contributed by atoms with Crippen molar-refractivity contribution in [2.24, 2.45) is 0 Å². The number of carboxylic acids is 1. The number of hydrogen-bond donors (Lipinski definition) is 1. The molecule has 0 amide bonds. The number of benzene rings is 2. The van der Waals surface area contributed by atoms with E-state index >= 15 is 0 Å². The minimum absolute atomic E-state index is 0.391. The van der Waals surface area contributed by atoms with Crippen LogP contribution in [0.4, 0.5) is 0 Å². The van der Waals surface area contributed by atoms with Gasteiger partial charge in [-0.1, -0.05) is 41.1 Å². The highest BCUT2D eigenvalue weighted by Crippen LogP contribution is 2.32. The molecule has 1 heterocycles. The van der Waals surface area contributed by atoms with E-state index in [0.29, 0.717) is 12.3 Å². The van der Waals surface area contributed by atoms with E-state index in [1.165, 1.54) is 0 Å². The third-order valence-electron chi connectivity index (χ3n) is 5.26. The molecule has 0 saturated carbocycles. The first-order chi connectivity index (χ1) is 12.9. The molecule has 3 rings (SSSR count). The standard InChI is InChI=1S/C21H24ClN3O2/c1-14-5-8-17(9-6-14)21(3,20(26)27)13-16-7-10-18-19(15(16)2)23-24-25(18)12-4-11-22/h5-10H,4,11-13H2,1-3H3,(H,26,27). The number of nitrogens with zero attached hydrogens (tertiary/aromatic N) is 3. The molecule has 1 atom stereocenters. The van der Waals surface area contributed by atoms with Gasteiger partial charge in [-0.25, -0.2) is 4.68 Å². The summed E-state index contributed by atoms with van der Waals surface area (Å²) in [6.45, 7) is 6.47. The van der Waals surface area contributed by atoms with Crippen LogP contribution in [0.5, 0.6) is 0 Å². The molecule has 0 aliphatic carbocycles. The van der Waals surface area contributed by atoms with Crippen LogP contribution in [-0.4, -0.2) is 31.9 Å². The van der Waals surface area contributed by atoms with Gasteiger partial charge in [-0.15, -0.1) is 16.7 Å². The Bertz CT molecular complexity index is 965. The summed E-state index contributed by atoms with van der Waals surface area (Å²) in [5.41, 5.74) is 4.61. The molecule has 5 nitrogen and oxygen atoms in total. The highest BCUT2D eigenvalue weighted by atomic mass is 35.5. The average Bonchev–Trinajstić information content (AvgIpc) is 3.06. The SMILES string of the molecule is Cc1ccc(C(C)(Cc2ccc3c(nnn3CCCCl)c2C)C(=O)O)cc1. The maximum Gasteiger partial charge on any atom is 0.314 e. The van der Waals surface area contributed by atoms with Crippen molar-refractivity contribution >= 4 is 28.6 Å². The Morgan fingerprint density at radius 1 is 1.19 bits per heavy atom. The van der Waals surface area contributed by atoms with Crippen molar-refractivity contribution in [1.29, 1.82) is 0 Å². The average molecular weight is 386 g/mol. The van der Waals surface area contributed by atoms with Crippen molar-refractivity contribution in [3.05, 3.63) is 58.7 Å². The van der Waals surface area contributed by atoms with E-state index in [9.17, 15) is 9.90 Å². The molecule has 1 N–H and O–H groups in total. The summed E-state index contributed by atoms with van der Waals surface area (Å²) in [4.78, 5) is 12.2. The second-order valence-corrected chi connectivity index (χ2v) is 7.63. The van der Waals surface area contributed by atoms with E-state index in [-0.39, 0.29) is 0 Å². The maximum atomic E-state index is 12.2. The summed E-state index contributed by atoms with van der Waals surface area (Å²) in [6.07, 6.45) is 1.22. The number of hydrogen-bond acceptors (Lipinski definition) is 3. The Morgan fingerprint density at radius 3 is 2.52 bits per heavy atom. The van der Waals surface area contributed by atoms with Crippen molar-refractivity contribution in [1.82, 2.24) is 15.0 Å². The van der Waals surface area contributed by atoms with Gasteiger partial charge in [0.05, 0.1) is 10.9 Å². The lowest BCUT2D eigenvalue weighted by Gasteiger charge is -2.26. The molecular formula is C21H24ClN3O2. The van der Waals surface area contributed by atoms with Crippen LogP contribution in [-0.2, 0) is 23.2 Å². The molecule has 1 aromatic heterocycles. The first-order valence-corrected chi connectivity index (χ1v) is 9.58. The summed E-state index contributed by atoms with van der Waals surface area (Å²) in [6, 6.07) is 11.7. The van der Waals surface area contributed by atoms with Crippen LogP contribution >= 0.6 is 11.6 Å². The van der Waals surface area contributed by atoms with E-state index in [1.807, 2.05) is 54.9 Å². The zero-order valence-corrected chi connectivity index (χ0v) is 16.6. The molecule has 142 valence electrons. The molecule has 0 spiro atoms. The molecule has 27 heavy (non-hydrogen) atoms. The highest BCUT2D eigenvalue weighted by Gasteiger charge is 2.36. The number of halogens is 1. The fraction of sp³-hybridized carbons (Fsp3) is 0.381. The Morgan fingerprint density at radius 2 is 1.89 bits per heavy atom. The number of rotatable bonds is 7. The smallest absolute Gasteiger partial charge is 0.314 e. The van der Waals surface area contributed by atoms with Gasteiger partial charge in [-0.2, -0.15) is 0 Å². The molecule has 0 saturated heterocycles. The summed E-state index contributed by atoms with van der Waals surface area (Å²) >= 11 is 5.78. The van der Waals surface area contributed by atoms with Gasteiger partial charge in [-0.05, 0) is 56.4 Å². The zero-order valence-electron chi connectivity index (χ0n) is 15.9. The number of aryl methyl sites for hydroxylation is 3. The summed E-state index contributed by atoms with van der Waals surface area (Å²) < 4.78 is 1.85. The van der Waals surface area contributed by atoms with Crippen LogP contribution in [0.3, 0.4) is 0 Å².